The SMILES string of the molecule is Cc1ccccc1OC[C@@H](O)CN=C1CN2CCC1CC2. The molecule has 0 saturated carbocycles. The van der Waals surface area contributed by atoms with Gasteiger partial charge in [0.2, 0.25) is 0 Å². The average Bonchev–Trinajstić information content (AvgIpc) is 2.53. The molecule has 1 aromatic rings. The molecule has 0 spiro atoms. The molecular weight excluding hydrogens is 264 g/mol. The summed E-state index contributed by atoms with van der Waals surface area (Å²) in [7, 11) is 0. The molecule has 3 saturated heterocycles. The maximum atomic E-state index is 10.1. The van der Waals surface area contributed by atoms with E-state index in [1.165, 1.54) is 31.6 Å². The van der Waals surface area contributed by atoms with Gasteiger partial charge in [-0.15, -0.1) is 0 Å². The van der Waals surface area contributed by atoms with Crippen molar-refractivity contribution in [1.29, 1.82) is 0 Å². The van der Waals surface area contributed by atoms with Gasteiger partial charge in [-0.2, -0.15) is 0 Å². The Morgan fingerprint density at radius 3 is 2.76 bits per heavy atom. The van der Waals surface area contributed by atoms with E-state index in [9.17, 15) is 5.11 Å². The van der Waals surface area contributed by atoms with Crippen molar-refractivity contribution in [3.05, 3.63) is 29.8 Å². The molecule has 4 rings (SSSR count). The van der Waals surface area contributed by atoms with Crippen LogP contribution in [0.3, 0.4) is 0 Å². The third kappa shape index (κ3) is 3.63. The molecule has 3 heterocycles. The number of hydrogen-bond donors (Lipinski definition) is 1. The Bertz CT molecular complexity index is 507. The molecule has 114 valence electrons. The summed E-state index contributed by atoms with van der Waals surface area (Å²) in [6.45, 7) is 6.18. The van der Waals surface area contributed by atoms with Gasteiger partial charge in [0.15, 0.2) is 0 Å². The number of nitrogens with zero attached hydrogens (tertiary/aromatic N) is 2. The number of piperidine rings is 3. The summed E-state index contributed by atoms with van der Waals surface area (Å²) in [5.74, 6) is 1.49. The summed E-state index contributed by atoms with van der Waals surface area (Å²) < 4.78 is 5.67. The van der Waals surface area contributed by atoms with Crippen LogP contribution < -0.4 is 4.74 Å². The van der Waals surface area contributed by atoms with Crippen molar-refractivity contribution >= 4 is 5.71 Å². The summed E-state index contributed by atoms with van der Waals surface area (Å²) >= 11 is 0. The molecule has 2 bridgehead atoms. The van der Waals surface area contributed by atoms with Crippen LogP contribution in [-0.4, -0.2) is 54.6 Å². The normalized spacial score (nSPS) is 27.8. The van der Waals surface area contributed by atoms with E-state index in [0.717, 1.165) is 17.9 Å². The zero-order chi connectivity index (χ0) is 14.7. The summed E-state index contributed by atoms with van der Waals surface area (Å²) in [6.07, 6.45) is 1.93. The van der Waals surface area contributed by atoms with Crippen LogP contribution in [0.5, 0.6) is 5.75 Å². The lowest BCUT2D eigenvalue weighted by atomic mass is 9.86. The molecule has 0 unspecified atom stereocenters. The number of aliphatic hydroxyl groups excluding tert-OH is 1. The quantitative estimate of drug-likeness (QED) is 0.900. The molecule has 4 nitrogen and oxygen atoms in total. The van der Waals surface area contributed by atoms with Crippen molar-refractivity contribution < 1.29 is 9.84 Å². The molecule has 0 radical (unpaired) electrons. The zero-order valence-electron chi connectivity index (χ0n) is 12.7. The van der Waals surface area contributed by atoms with Gasteiger partial charge in [-0.1, -0.05) is 18.2 Å². The molecular formula is C17H24N2O2. The van der Waals surface area contributed by atoms with E-state index in [2.05, 4.69) is 9.89 Å². The van der Waals surface area contributed by atoms with E-state index in [-0.39, 0.29) is 0 Å². The van der Waals surface area contributed by atoms with Crippen molar-refractivity contribution in [1.82, 2.24) is 4.90 Å². The van der Waals surface area contributed by atoms with E-state index in [1.54, 1.807) is 0 Å². The molecule has 4 heteroatoms. The van der Waals surface area contributed by atoms with Gasteiger partial charge in [0, 0.05) is 18.2 Å². The minimum atomic E-state index is -0.535. The van der Waals surface area contributed by atoms with Crippen LogP contribution in [0.15, 0.2) is 29.3 Å². The molecule has 0 aromatic heterocycles. The highest BCUT2D eigenvalue weighted by atomic mass is 16.5. The van der Waals surface area contributed by atoms with Crippen molar-refractivity contribution in [3.63, 3.8) is 0 Å². The Labute approximate surface area is 126 Å². The Kier molecular flexibility index (Phi) is 4.56. The number of para-hydroxylation sites is 1. The highest BCUT2D eigenvalue weighted by Crippen LogP contribution is 2.25. The van der Waals surface area contributed by atoms with E-state index < -0.39 is 6.10 Å². The number of aliphatic imine (C=N–C) groups is 1. The molecule has 3 fully saturated rings. The number of rotatable bonds is 5. The van der Waals surface area contributed by atoms with Crippen molar-refractivity contribution in [3.8, 4) is 5.75 Å². The smallest absolute Gasteiger partial charge is 0.122 e. The average molecular weight is 288 g/mol. The number of benzene rings is 1. The third-order valence-electron chi connectivity index (χ3n) is 4.47. The van der Waals surface area contributed by atoms with Crippen LogP contribution in [0.25, 0.3) is 0 Å². The lowest BCUT2D eigenvalue weighted by molar-refractivity contribution is 0.113. The van der Waals surface area contributed by atoms with Gasteiger partial charge in [0.05, 0.1) is 6.54 Å². The summed E-state index contributed by atoms with van der Waals surface area (Å²) in [5.41, 5.74) is 2.37. The summed E-state index contributed by atoms with van der Waals surface area (Å²) in [6, 6.07) is 7.87. The molecule has 21 heavy (non-hydrogen) atoms. The van der Waals surface area contributed by atoms with Crippen molar-refractivity contribution in [2.75, 3.05) is 32.8 Å². The number of ether oxygens (including phenoxy) is 1. The van der Waals surface area contributed by atoms with Crippen LogP contribution in [0.2, 0.25) is 0 Å². The second-order valence-electron chi connectivity index (χ2n) is 6.11. The highest BCUT2D eigenvalue weighted by Gasteiger charge is 2.30. The zero-order valence-corrected chi connectivity index (χ0v) is 12.7. The molecule has 1 atom stereocenters. The fraction of sp³-hybridized carbons (Fsp3) is 0.588. The fourth-order valence-corrected chi connectivity index (χ4v) is 3.14. The van der Waals surface area contributed by atoms with Gasteiger partial charge in [0.25, 0.3) is 0 Å². The number of aliphatic hydroxyl groups is 1. The van der Waals surface area contributed by atoms with E-state index >= 15 is 0 Å². The number of hydrogen-bond acceptors (Lipinski definition) is 4. The lowest BCUT2D eigenvalue weighted by Crippen LogP contribution is -2.48. The predicted octanol–water partition coefficient (Wildman–Crippen LogP) is 1.90. The molecule has 1 N–H and O–H groups in total. The Hall–Kier alpha value is -1.39. The maximum Gasteiger partial charge on any atom is 0.122 e. The monoisotopic (exact) mass is 288 g/mol. The number of fused-ring (bicyclic) bond motifs is 3. The maximum absolute atomic E-state index is 10.1. The van der Waals surface area contributed by atoms with E-state index in [1.807, 2.05) is 31.2 Å². The van der Waals surface area contributed by atoms with Crippen molar-refractivity contribution in [2.24, 2.45) is 10.9 Å². The molecule has 0 aliphatic carbocycles. The first-order valence-electron chi connectivity index (χ1n) is 7.84. The first-order valence-corrected chi connectivity index (χ1v) is 7.84. The lowest BCUT2D eigenvalue weighted by Gasteiger charge is -2.40. The Morgan fingerprint density at radius 2 is 2.10 bits per heavy atom. The topological polar surface area (TPSA) is 45.1 Å². The van der Waals surface area contributed by atoms with Crippen LogP contribution in [0, 0.1) is 12.8 Å². The van der Waals surface area contributed by atoms with Gasteiger partial charge in [-0.25, -0.2) is 0 Å². The largest absolute Gasteiger partial charge is 0.491 e. The van der Waals surface area contributed by atoms with Gasteiger partial charge in [-0.3, -0.25) is 9.89 Å². The van der Waals surface area contributed by atoms with Gasteiger partial charge >= 0.3 is 0 Å². The van der Waals surface area contributed by atoms with Gasteiger partial charge in [0.1, 0.15) is 18.5 Å². The standard InChI is InChI=1S/C17H24N2O2/c1-13-4-2-3-5-17(13)21-12-15(20)10-18-16-11-19-8-6-14(16)7-9-19/h2-5,14-15,20H,6-12H2,1H3/t15-/m0/s1. The van der Waals surface area contributed by atoms with E-state index in [4.69, 9.17) is 4.74 Å². The first kappa shape index (κ1) is 14.5. The van der Waals surface area contributed by atoms with Crippen molar-refractivity contribution in [2.45, 2.75) is 25.9 Å². The summed E-state index contributed by atoms with van der Waals surface area (Å²) in [4.78, 5) is 7.10. The third-order valence-corrected chi connectivity index (χ3v) is 4.47. The minimum absolute atomic E-state index is 0.302. The van der Waals surface area contributed by atoms with E-state index in [0.29, 0.717) is 19.1 Å². The van der Waals surface area contributed by atoms with Crippen LogP contribution in [0.4, 0.5) is 0 Å². The second-order valence-corrected chi connectivity index (χ2v) is 6.11. The molecule has 0 amide bonds. The molecule has 3 aliphatic heterocycles. The van der Waals surface area contributed by atoms with Crippen LogP contribution in [-0.2, 0) is 0 Å². The van der Waals surface area contributed by atoms with Crippen LogP contribution in [0.1, 0.15) is 18.4 Å². The Balaban J connectivity index is 1.48. The highest BCUT2D eigenvalue weighted by molar-refractivity contribution is 5.90. The predicted molar refractivity (Wildman–Crippen MR) is 84.1 cm³/mol. The molecule has 1 aromatic carbocycles. The molecule has 3 aliphatic rings. The fourth-order valence-electron chi connectivity index (χ4n) is 3.14. The van der Waals surface area contributed by atoms with Gasteiger partial charge < -0.3 is 9.84 Å². The summed E-state index contributed by atoms with van der Waals surface area (Å²) in [5, 5.41) is 10.1. The Morgan fingerprint density at radius 1 is 1.33 bits per heavy atom. The van der Waals surface area contributed by atoms with Crippen LogP contribution >= 0.6 is 0 Å². The second kappa shape index (κ2) is 6.58. The minimum Gasteiger partial charge on any atom is -0.491 e. The number of aryl methyl sites for hydroxylation is 1. The first-order chi connectivity index (χ1) is 10.2. The van der Waals surface area contributed by atoms with Gasteiger partial charge in [-0.05, 0) is 44.5 Å².